The van der Waals surface area contributed by atoms with Gasteiger partial charge in [0.15, 0.2) is 11.5 Å². The number of nitrogens with two attached hydrogens (primary N) is 1. The fraction of sp³-hybridized carbons (Fsp3) is 0.400. The number of hydrogen-bond donors (Lipinski definition) is 1. The Hall–Kier alpha value is -2.20. The molecule has 4 nitrogen and oxygen atoms in total. The van der Waals surface area contributed by atoms with Crippen LogP contribution in [0.1, 0.15) is 29.5 Å². The zero-order chi connectivity index (χ0) is 17.5. The van der Waals surface area contributed by atoms with Crippen LogP contribution in [0.3, 0.4) is 0 Å². The average Bonchev–Trinajstić information content (AvgIpc) is 2.60. The number of benzene rings is 2. The van der Waals surface area contributed by atoms with E-state index >= 15 is 0 Å². The molecule has 1 atom stereocenters. The second-order valence-corrected chi connectivity index (χ2v) is 5.78. The fourth-order valence-corrected chi connectivity index (χ4v) is 2.89. The third-order valence-corrected chi connectivity index (χ3v) is 4.18. The van der Waals surface area contributed by atoms with Gasteiger partial charge < -0.3 is 19.9 Å². The van der Waals surface area contributed by atoms with Crippen molar-refractivity contribution in [2.45, 2.75) is 26.2 Å². The van der Waals surface area contributed by atoms with Crippen molar-refractivity contribution in [3.05, 3.63) is 53.1 Å². The van der Waals surface area contributed by atoms with Crippen LogP contribution in [0.4, 0.5) is 0 Å². The summed E-state index contributed by atoms with van der Waals surface area (Å²) in [6, 6.07) is 12.3. The molecule has 0 aliphatic carbocycles. The summed E-state index contributed by atoms with van der Waals surface area (Å²) < 4.78 is 16.3. The molecule has 0 radical (unpaired) electrons. The molecule has 4 heteroatoms. The van der Waals surface area contributed by atoms with Crippen molar-refractivity contribution in [3.8, 4) is 17.2 Å². The fourth-order valence-electron chi connectivity index (χ4n) is 2.89. The summed E-state index contributed by atoms with van der Waals surface area (Å²) in [5, 5.41) is 0. The zero-order valence-corrected chi connectivity index (χ0v) is 15.0. The highest BCUT2D eigenvalue weighted by Gasteiger charge is 2.14. The summed E-state index contributed by atoms with van der Waals surface area (Å²) in [4.78, 5) is 0. The van der Waals surface area contributed by atoms with Crippen molar-refractivity contribution in [2.75, 3.05) is 27.4 Å². The third-order valence-electron chi connectivity index (χ3n) is 4.18. The molecular formula is C20H27NO3. The van der Waals surface area contributed by atoms with E-state index in [-0.39, 0.29) is 5.92 Å². The van der Waals surface area contributed by atoms with Crippen LogP contribution >= 0.6 is 0 Å². The Kier molecular flexibility index (Phi) is 6.50. The number of rotatable bonds is 8. The maximum absolute atomic E-state index is 6.03. The molecule has 2 rings (SSSR count). The Balaban J connectivity index is 2.22. The molecule has 2 N–H and O–H groups in total. The lowest BCUT2D eigenvalue weighted by Crippen LogP contribution is -2.15. The normalized spacial score (nSPS) is 11.9. The highest BCUT2D eigenvalue weighted by Crippen LogP contribution is 2.31. The first-order chi connectivity index (χ1) is 11.6. The van der Waals surface area contributed by atoms with Gasteiger partial charge >= 0.3 is 0 Å². The monoisotopic (exact) mass is 329 g/mol. The molecule has 2 aromatic rings. The lowest BCUT2D eigenvalue weighted by Gasteiger charge is -2.18. The number of aryl methyl sites for hydroxylation is 1. The Labute approximate surface area is 144 Å². The van der Waals surface area contributed by atoms with Crippen LogP contribution in [0.5, 0.6) is 17.2 Å². The van der Waals surface area contributed by atoms with E-state index in [0.717, 1.165) is 29.2 Å². The predicted molar refractivity (Wildman–Crippen MR) is 97.4 cm³/mol. The quantitative estimate of drug-likeness (QED) is 0.802. The second kappa shape index (κ2) is 8.60. The third kappa shape index (κ3) is 4.20. The van der Waals surface area contributed by atoms with E-state index in [1.165, 1.54) is 11.1 Å². The molecule has 0 amide bonds. The molecule has 24 heavy (non-hydrogen) atoms. The Bertz CT molecular complexity index is 670. The highest BCUT2D eigenvalue weighted by molar-refractivity contribution is 5.44. The molecular weight excluding hydrogens is 302 g/mol. The SMILES string of the molecule is CCOc1ccc(CC(CN)c2ccc(OC)c(C)c2)cc1OC. The first kappa shape index (κ1) is 18.1. The summed E-state index contributed by atoms with van der Waals surface area (Å²) in [5.41, 5.74) is 9.56. The Morgan fingerprint density at radius 3 is 2.25 bits per heavy atom. The van der Waals surface area contributed by atoms with Crippen molar-refractivity contribution >= 4 is 0 Å². The summed E-state index contributed by atoms with van der Waals surface area (Å²) in [6.45, 7) is 5.22. The molecule has 0 bridgehead atoms. The van der Waals surface area contributed by atoms with Gasteiger partial charge in [0.1, 0.15) is 5.75 Å². The molecule has 0 spiro atoms. The number of ether oxygens (including phenoxy) is 3. The molecule has 2 aromatic carbocycles. The van der Waals surface area contributed by atoms with Crippen molar-refractivity contribution in [1.82, 2.24) is 0 Å². The average molecular weight is 329 g/mol. The lowest BCUT2D eigenvalue weighted by atomic mass is 9.91. The molecule has 0 saturated heterocycles. The maximum Gasteiger partial charge on any atom is 0.161 e. The smallest absolute Gasteiger partial charge is 0.161 e. The molecule has 0 fully saturated rings. The molecule has 130 valence electrons. The predicted octanol–water partition coefficient (Wildman–Crippen LogP) is 3.70. The minimum Gasteiger partial charge on any atom is -0.496 e. The summed E-state index contributed by atoms with van der Waals surface area (Å²) in [5.74, 6) is 2.68. The molecule has 0 saturated carbocycles. The van der Waals surface area contributed by atoms with Gasteiger partial charge in [-0.25, -0.2) is 0 Å². The molecule has 0 aliphatic rings. The van der Waals surface area contributed by atoms with Crippen LogP contribution in [0, 0.1) is 6.92 Å². The van der Waals surface area contributed by atoms with Crippen molar-refractivity contribution < 1.29 is 14.2 Å². The highest BCUT2D eigenvalue weighted by atomic mass is 16.5. The van der Waals surface area contributed by atoms with Crippen LogP contribution in [-0.2, 0) is 6.42 Å². The first-order valence-corrected chi connectivity index (χ1v) is 8.27. The van der Waals surface area contributed by atoms with Crippen LogP contribution in [0.2, 0.25) is 0 Å². The van der Waals surface area contributed by atoms with Gasteiger partial charge in [-0.05, 0) is 61.7 Å². The minimum absolute atomic E-state index is 0.247. The van der Waals surface area contributed by atoms with Crippen LogP contribution in [0.15, 0.2) is 36.4 Å². The van der Waals surface area contributed by atoms with Gasteiger partial charge in [-0.1, -0.05) is 18.2 Å². The van der Waals surface area contributed by atoms with Crippen LogP contribution in [0.25, 0.3) is 0 Å². The van der Waals surface area contributed by atoms with E-state index in [9.17, 15) is 0 Å². The summed E-state index contributed by atoms with van der Waals surface area (Å²) >= 11 is 0. The van der Waals surface area contributed by atoms with Crippen molar-refractivity contribution in [3.63, 3.8) is 0 Å². The van der Waals surface area contributed by atoms with E-state index in [2.05, 4.69) is 25.1 Å². The number of hydrogen-bond acceptors (Lipinski definition) is 4. The van der Waals surface area contributed by atoms with Gasteiger partial charge in [0.05, 0.1) is 20.8 Å². The van der Waals surface area contributed by atoms with Crippen molar-refractivity contribution in [1.29, 1.82) is 0 Å². The second-order valence-electron chi connectivity index (χ2n) is 5.78. The van der Waals surface area contributed by atoms with Gasteiger partial charge in [-0.3, -0.25) is 0 Å². The largest absolute Gasteiger partial charge is 0.496 e. The van der Waals surface area contributed by atoms with Crippen LogP contribution < -0.4 is 19.9 Å². The molecule has 0 aromatic heterocycles. The summed E-state index contributed by atoms with van der Waals surface area (Å²) in [6.07, 6.45) is 0.852. The van der Waals surface area contributed by atoms with Gasteiger partial charge in [0, 0.05) is 5.92 Å². The van der Waals surface area contributed by atoms with E-state index in [4.69, 9.17) is 19.9 Å². The van der Waals surface area contributed by atoms with Crippen molar-refractivity contribution in [2.24, 2.45) is 5.73 Å². The summed E-state index contributed by atoms with van der Waals surface area (Å²) in [7, 11) is 3.35. The van der Waals surface area contributed by atoms with Gasteiger partial charge in [0.2, 0.25) is 0 Å². The topological polar surface area (TPSA) is 53.7 Å². The number of methoxy groups -OCH3 is 2. The van der Waals surface area contributed by atoms with Crippen LogP contribution in [-0.4, -0.2) is 27.4 Å². The zero-order valence-electron chi connectivity index (χ0n) is 15.0. The Morgan fingerprint density at radius 1 is 0.958 bits per heavy atom. The maximum atomic E-state index is 6.03. The van der Waals surface area contributed by atoms with Gasteiger partial charge in [-0.15, -0.1) is 0 Å². The lowest BCUT2D eigenvalue weighted by molar-refractivity contribution is 0.310. The van der Waals surface area contributed by atoms with E-state index in [0.29, 0.717) is 13.2 Å². The first-order valence-electron chi connectivity index (χ1n) is 8.27. The van der Waals surface area contributed by atoms with E-state index in [1.807, 2.05) is 25.1 Å². The van der Waals surface area contributed by atoms with E-state index in [1.54, 1.807) is 14.2 Å². The molecule has 0 aliphatic heterocycles. The standard InChI is InChI=1S/C20H27NO3/c1-5-24-19-8-6-15(12-20(19)23-4)11-17(13-21)16-7-9-18(22-3)14(2)10-16/h6-10,12,17H,5,11,13,21H2,1-4H3. The minimum atomic E-state index is 0.247. The van der Waals surface area contributed by atoms with E-state index < -0.39 is 0 Å². The van der Waals surface area contributed by atoms with Gasteiger partial charge in [-0.2, -0.15) is 0 Å². The Morgan fingerprint density at radius 2 is 1.67 bits per heavy atom. The molecule has 1 unspecified atom stereocenters. The van der Waals surface area contributed by atoms with Gasteiger partial charge in [0.25, 0.3) is 0 Å². The molecule has 0 heterocycles.